The summed E-state index contributed by atoms with van der Waals surface area (Å²) in [6.07, 6.45) is 0. The van der Waals surface area contributed by atoms with Crippen molar-refractivity contribution in [1.82, 2.24) is 0 Å². The average molecular weight is 213 g/mol. The van der Waals surface area contributed by atoms with Crippen molar-refractivity contribution in [1.29, 1.82) is 0 Å². The molecule has 0 unspecified atom stereocenters. The van der Waals surface area contributed by atoms with Crippen LogP contribution in [0.3, 0.4) is 0 Å². The molecule has 0 saturated carbocycles. The number of rotatable bonds is 3. The van der Waals surface area contributed by atoms with E-state index >= 15 is 0 Å². The molecule has 0 fully saturated rings. The van der Waals surface area contributed by atoms with E-state index in [1.807, 2.05) is 18.2 Å². The topological polar surface area (TPSA) is 44.5 Å². The van der Waals surface area contributed by atoms with E-state index < -0.39 is 0 Å². The molecule has 0 aliphatic heterocycles. The van der Waals surface area contributed by atoms with Crippen LogP contribution in [0.1, 0.15) is 5.56 Å². The second kappa shape index (κ2) is 7.29. The molecule has 14 heavy (non-hydrogen) atoms. The van der Waals surface area contributed by atoms with Crippen LogP contribution in [0.25, 0.3) is 0 Å². The Balaban J connectivity index is 0.000000791. The standard InChI is InChI=1S/C9H13NO2.CH2S/c1-11-8-4-3-7(6-10)9(5-8)12-2;1-2/h3-5H,6,10H2,1-2H3;1H2. The Hall–Kier alpha value is -1.13. The lowest BCUT2D eigenvalue weighted by molar-refractivity contribution is 0.391. The number of ether oxygens (including phenoxy) is 2. The molecule has 0 heterocycles. The van der Waals surface area contributed by atoms with Gasteiger partial charge in [0.05, 0.1) is 14.2 Å². The van der Waals surface area contributed by atoms with Gasteiger partial charge in [0.2, 0.25) is 0 Å². The number of thiocarbonyl (C=S) groups is 1. The number of nitrogens with two attached hydrogens (primary N) is 1. The molecule has 1 rings (SSSR count). The third-order valence-corrected chi connectivity index (χ3v) is 1.71. The normalized spacial score (nSPS) is 8.50. The van der Waals surface area contributed by atoms with Crippen molar-refractivity contribution < 1.29 is 9.47 Å². The van der Waals surface area contributed by atoms with Crippen molar-refractivity contribution in [3.8, 4) is 11.5 Å². The highest BCUT2D eigenvalue weighted by Crippen LogP contribution is 2.23. The van der Waals surface area contributed by atoms with Crippen molar-refractivity contribution in [3.63, 3.8) is 0 Å². The van der Waals surface area contributed by atoms with E-state index in [0.717, 1.165) is 17.1 Å². The van der Waals surface area contributed by atoms with Gasteiger partial charge in [0, 0.05) is 18.2 Å². The van der Waals surface area contributed by atoms with E-state index in [2.05, 4.69) is 18.1 Å². The molecule has 0 spiro atoms. The average Bonchev–Trinajstić information content (AvgIpc) is 2.30. The fourth-order valence-electron chi connectivity index (χ4n) is 1.02. The maximum Gasteiger partial charge on any atom is 0.127 e. The van der Waals surface area contributed by atoms with Crippen molar-refractivity contribution in [3.05, 3.63) is 23.8 Å². The van der Waals surface area contributed by atoms with Crippen LogP contribution in [0.15, 0.2) is 18.2 Å². The van der Waals surface area contributed by atoms with Crippen LogP contribution in [0, 0.1) is 0 Å². The van der Waals surface area contributed by atoms with Gasteiger partial charge in [-0.05, 0) is 11.9 Å². The van der Waals surface area contributed by atoms with Gasteiger partial charge in [-0.1, -0.05) is 18.3 Å². The molecular weight excluding hydrogens is 198 g/mol. The van der Waals surface area contributed by atoms with E-state index in [-0.39, 0.29) is 0 Å². The molecule has 0 aliphatic carbocycles. The van der Waals surface area contributed by atoms with Crippen LogP contribution >= 0.6 is 12.2 Å². The Morgan fingerprint density at radius 1 is 1.29 bits per heavy atom. The molecular formula is C10H15NO2S. The lowest BCUT2D eigenvalue weighted by Gasteiger charge is -2.07. The van der Waals surface area contributed by atoms with Gasteiger partial charge in [0.15, 0.2) is 0 Å². The van der Waals surface area contributed by atoms with Crippen LogP contribution in [0.2, 0.25) is 0 Å². The summed E-state index contributed by atoms with van der Waals surface area (Å²) in [5, 5.41) is 0. The second-order valence-corrected chi connectivity index (χ2v) is 2.38. The minimum absolute atomic E-state index is 0.479. The lowest BCUT2D eigenvalue weighted by Crippen LogP contribution is -1.99. The Labute approximate surface area is 89.8 Å². The SMILES string of the molecule is C=S.COc1ccc(CN)c(OC)c1. The first kappa shape index (κ1) is 12.9. The van der Waals surface area contributed by atoms with Gasteiger partial charge in [-0.15, -0.1) is 0 Å². The monoisotopic (exact) mass is 213 g/mol. The Kier molecular flexibility index (Phi) is 6.70. The molecule has 78 valence electrons. The predicted octanol–water partition coefficient (Wildman–Crippen LogP) is 1.78. The van der Waals surface area contributed by atoms with Crippen LogP contribution in [0.4, 0.5) is 0 Å². The van der Waals surface area contributed by atoms with E-state index in [9.17, 15) is 0 Å². The van der Waals surface area contributed by atoms with Crippen molar-refractivity contribution in [2.75, 3.05) is 14.2 Å². The number of methoxy groups -OCH3 is 2. The molecule has 3 nitrogen and oxygen atoms in total. The van der Waals surface area contributed by atoms with Crippen molar-refractivity contribution in [2.45, 2.75) is 6.54 Å². The van der Waals surface area contributed by atoms with Crippen molar-refractivity contribution in [2.24, 2.45) is 5.73 Å². The zero-order chi connectivity index (χ0) is 11.0. The molecule has 0 aromatic heterocycles. The molecule has 0 atom stereocenters. The Morgan fingerprint density at radius 2 is 1.93 bits per heavy atom. The van der Waals surface area contributed by atoms with Gasteiger partial charge in [-0.25, -0.2) is 0 Å². The number of benzene rings is 1. The highest BCUT2D eigenvalue weighted by molar-refractivity contribution is 7.77. The molecule has 1 aromatic carbocycles. The summed E-state index contributed by atoms with van der Waals surface area (Å²) in [6.45, 7) is 0.479. The fraction of sp³-hybridized carbons (Fsp3) is 0.300. The van der Waals surface area contributed by atoms with E-state index in [1.54, 1.807) is 14.2 Å². The minimum Gasteiger partial charge on any atom is -0.497 e. The van der Waals surface area contributed by atoms with E-state index in [0.29, 0.717) is 6.54 Å². The van der Waals surface area contributed by atoms with E-state index in [1.165, 1.54) is 0 Å². The summed E-state index contributed by atoms with van der Waals surface area (Å²) >= 11 is 3.83. The first-order chi connectivity index (χ1) is 6.81. The van der Waals surface area contributed by atoms with Gasteiger partial charge >= 0.3 is 0 Å². The van der Waals surface area contributed by atoms with Crippen LogP contribution in [-0.2, 0) is 6.54 Å². The van der Waals surface area contributed by atoms with Crippen LogP contribution in [0.5, 0.6) is 11.5 Å². The van der Waals surface area contributed by atoms with Crippen molar-refractivity contribution >= 4 is 18.1 Å². The molecule has 0 amide bonds. The summed E-state index contributed by atoms with van der Waals surface area (Å²) in [5.74, 6) is 4.39. The molecule has 0 saturated heterocycles. The fourth-order valence-corrected chi connectivity index (χ4v) is 1.02. The Morgan fingerprint density at radius 3 is 2.36 bits per heavy atom. The summed E-state index contributed by atoms with van der Waals surface area (Å²) in [4.78, 5) is 0. The van der Waals surface area contributed by atoms with Gasteiger partial charge in [-0.3, -0.25) is 0 Å². The lowest BCUT2D eigenvalue weighted by atomic mass is 10.2. The summed E-state index contributed by atoms with van der Waals surface area (Å²) in [5.41, 5.74) is 6.48. The number of hydrogen-bond donors (Lipinski definition) is 1. The second-order valence-electron chi connectivity index (χ2n) is 2.38. The smallest absolute Gasteiger partial charge is 0.127 e. The van der Waals surface area contributed by atoms with Gasteiger partial charge < -0.3 is 15.2 Å². The number of hydrogen-bond acceptors (Lipinski definition) is 4. The predicted molar refractivity (Wildman–Crippen MR) is 62.1 cm³/mol. The largest absolute Gasteiger partial charge is 0.497 e. The summed E-state index contributed by atoms with van der Waals surface area (Å²) in [6, 6.07) is 5.59. The quantitative estimate of drug-likeness (QED) is 0.777. The highest BCUT2D eigenvalue weighted by atomic mass is 32.1. The highest BCUT2D eigenvalue weighted by Gasteiger charge is 2.01. The maximum atomic E-state index is 5.50. The van der Waals surface area contributed by atoms with E-state index in [4.69, 9.17) is 15.2 Å². The third-order valence-electron chi connectivity index (χ3n) is 1.71. The molecule has 2 N–H and O–H groups in total. The molecule has 0 radical (unpaired) electrons. The van der Waals surface area contributed by atoms with Crippen LogP contribution in [-0.4, -0.2) is 20.1 Å². The summed E-state index contributed by atoms with van der Waals surface area (Å²) < 4.78 is 10.2. The first-order valence-electron chi connectivity index (χ1n) is 4.01. The summed E-state index contributed by atoms with van der Waals surface area (Å²) in [7, 11) is 3.24. The van der Waals surface area contributed by atoms with Gasteiger partial charge in [0.1, 0.15) is 11.5 Å². The molecule has 0 aliphatic rings. The molecule has 4 heteroatoms. The zero-order valence-corrected chi connectivity index (χ0v) is 9.26. The zero-order valence-electron chi connectivity index (χ0n) is 8.45. The molecule has 1 aromatic rings. The van der Waals surface area contributed by atoms with Crippen LogP contribution < -0.4 is 15.2 Å². The Bertz CT molecular complexity index is 279. The molecule has 0 bridgehead atoms. The van der Waals surface area contributed by atoms with Gasteiger partial charge in [0.25, 0.3) is 0 Å². The maximum absolute atomic E-state index is 5.50. The minimum atomic E-state index is 0.479. The van der Waals surface area contributed by atoms with Gasteiger partial charge in [-0.2, -0.15) is 0 Å². The third kappa shape index (κ3) is 3.32. The first-order valence-corrected chi connectivity index (χ1v) is 4.59.